The van der Waals surface area contributed by atoms with E-state index in [1.54, 1.807) is 32.4 Å². The first kappa shape index (κ1) is 20.3. The zero-order valence-corrected chi connectivity index (χ0v) is 17.1. The second-order valence-corrected chi connectivity index (χ2v) is 7.06. The van der Waals surface area contributed by atoms with E-state index in [0.29, 0.717) is 27.2 Å². The summed E-state index contributed by atoms with van der Waals surface area (Å²) in [4.78, 5) is 29.3. The lowest BCUT2D eigenvalue weighted by molar-refractivity contribution is -0.111. The van der Waals surface area contributed by atoms with Crippen molar-refractivity contribution < 1.29 is 19.1 Å². The zero-order chi connectivity index (χ0) is 20.8. The van der Waals surface area contributed by atoms with Crippen molar-refractivity contribution in [2.45, 2.75) is 6.92 Å². The number of nitrogens with zero attached hydrogens (tertiary/aromatic N) is 1. The number of benzene rings is 2. The number of anilines is 1. The van der Waals surface area contributed by atoms with Gasteiger partial charge in [0.15, 0.2) is 22.4 Å². The molecule has 0 saturated heterocycles. The maximum Gasteiger partial charge on any atom is 0.250 e. The van der Waals surface area contributed by atoms with Crippen molar-refractivity contribution in [2.75, 3.05) is 19.5 Å². The van der Waals surface area contributed by atoms with Crippen LogP contribution in [0.4, 0.5) is 5.13 Å². The summed E-state index contributed by atoms with van der Waals surface area (Å²) in [5, 5.41) is 3.09. The Bertz CT molecular complexity index is 1060. The van der Waals surface area contributed by atoms with Crippen LogP contribution in [0.3, 0.4) is 0 Å². The van der Waals surface area contributed by atoms with Crippen LogP contribution in [0, 0.1) is 0 Å². The number of hydrogen-bond donors (Lipinski definition) is 1. The lowest BCUT2D eigenvalue weighted by Gasteiger charge is -2.07. The molecule has 0 unspecified atom stereocenters. The lowest BCUT2D eigenvalue weighted by atomic mass is 10.1. The van der Waals surface area contributed by atoms with Gasteiger partial charge in [-0.2, -0.15) is 0 Å². The van der Waals surface area contributed by atoms with Crippen LogP contribution >= 0.6 is 11.3 Å². The van der Waals surface area contributed by atoms with Crippen LogP contribution in [-0.2, 0) is 4.79 Å². The van der Waals surface area contributed by atoms with Crippen molar-refractivity contribution in [1.29, 1.82) is 0 Å². The Kier molecular flexibility index (Phi) is 6.41. The second-order valence-electron chi connectivity index (χ2n) is 6.06. The summed E-state index contributed by atoms with van der Waals surface area (Å²) in [5.74, 6) is 0.752. The Morgan fingerprint density at radius 3 is 2.41 bits per heavy atom. The van der Waals surface area contributed by atoms with Gasteiger partial charge in [0.25, 0.3) is 0 Å². The summed E-state index contributed by atoms with van der Waals surface area (Å²) in [5.41, 5.74) is 2.18. The Labute approximate surface area is 172 Å². The molecule has 0 bridgehead atoms. The molecule has 148 valence electrons. The molecular formula is C22H20N2O4S. The van der Waals surface area contributed by atoms with Crippen LogP contribution in [0.1, 0.15) is 22.2 Å². The van der Waals surface area contributed by atoms with Gasteiger partial charge in [0.1, 0.15) is 0 Å². The first-order chi connectivity index (χ1) is 14.0. The maximum absolute atomic E-state index is 12.3. The van der Waals surface area contributed by atoms with E-state index in [1.165, 1.54) is 13.0 Å². The second kappa shape index (κ2) is 9.16. The third-order valence-corrected chi connectivity index (χ3v) is 5.13. The van der Waals surface area contributed by atoms with Crippen molar-refractivity contribution in [2.24, 2.45) is 0 Å². The number of amides is 1. The molecule has 2 aromatic carbocycles. The van der Waals surface area contributed by atoms with Gasteiger partial charge in [0.05, 0.1) is 24.8 Å². The molecule has 7 heteroatoms. The van der Waals surface area contributed by atoms with Crippen LogP contribution in [0.5, 0.6) is 11.5 Å². The minimum atomic E-state index is -0.344. The Morgan fingerprint density at radius 1 is 1.03 bits per heavy atom. The van der Waals surface area contributed by atoms with Crippen LogP contribution in [-0.4, -0.2) is 30.9 Å². The normalized spacial score (nSPS) is 10.7. The van der Waals surface area contributed by atoms with Crippen molar-refractivity contribution in [3.63, 3.8) is 0 Å². The first-order valence-electron chi connectivity index (χ1n) is 8.80. The molecule has 1 N–H and O–H groups in total. The van der Waals surface area contributed by atoms with E-state index < -0.39 is 0 Å². The number of carbonyl (C=O) groups is 2. The smallest absolute Gasteiger partial charge is 0.250 e. The van der Waals surface area contributed by atoms with E-state index >= 15 is 0 Å². The minimum absolute atomic E-state index is 0.0947. The molecule has 0 aliphatic heterocycles. The van der Waals surface area contributed by atoms with Crippen LogP contribution in [0.15, 0.2) is 54.6 Å². The van der Waals surface area contributed by atoms with E-state index in [2.05, 4.69) is 10.3 Å². The molecule has 0 saturated carbocycles. The summed E-state index contributed by atoms with van der Waals surface area (Å²) in [6.07, 6.45) is 3.06. The monoisotopic (exact) mass is 408 g/mol. The molecule has 1 amide bonds. The predicted molar refractivity (Wildman–Crippen MR) is 115 cm³/mol. The molecule has 0 radical (unpaired) electrons. The number of carbonyl (C=O) groups excluding carboxylic acids is 2. The summed E-state index contributed by atoms with van der Waals surface area (Å²) >= 11 is 1.16. The average Bonchev–Trinajstić information content (AvgIpc) is 3.16. The van der Waals surface area contributed by atoms with E-state index in [9.17, 15) is 9.59 Å². The highest BCUT2D eigenvalue weighted by atomic mass is 32.1. The molecule has 0 aliphatic carbocycles. The fraction of sp³-hybridized carbons (Fsp3) is 0.136. The van der Waals surface area contributed by atoms with Gasteiger partial charge in [-0.15, -0.1) is 0 Å². The highest BCUT2D eigenvalue weighted by Gasteiger charge is 2.17. The standard InChI is InChI=1S/C22H20N2O4S/c1-14(25)21-20(16-7-5-4-6-8-16)24-22(29-21)23-19(26)12-10-15-9-11-17(27-2)18(13-15)28-3/h4-13H,1-3H3,(H,23,24,26). The van der Waals surface area contributed by atoms with Crippen LogP contribution in [0.25, 0.3) is 17.3 Å². The fourth-order valence-corrected chi connectivity index (χ4v) is 3.57. The lowest BCUT2D eigenvalue weighted by Crippen LogP contribution is -2.07. The minimum Gasteiger partial charge on any atom is -0.493 e. The van der Waals surface area contributed by atoms with Crippen molar-refractivity contribution >= 4 is 34.2 Å². The van der Waals surface area contributed by atoms with Crippen molar-refractivity contribution in [1.82, 2.24) is 4.98 Å². The van der Waals surface area contributed by atoms with E-state index in [-0.39, 0.29) is 11.7 Å². The van der Waals surface area contributed by atoms with Crippen LogP contribution < -0.4 is 14.8 Å². The van der Waals surface area contributed by atoms with Gasteiger partial charge in [-0.25, -0.2) is 4.98 Å². The number of ketones is 1. The molecule has 0 aliphatic rings. The van der Waals surface area contributed by atoms with Gasteiger partial charge in [-0.05, 0) is 23.8 Å². The van der Waals surface area contributed by atoms with E-state index in [1.807, 2.05) is 36.4 Å². The molecule has 1 heterocycles. The Morgan fingerprint density at radius 2 is 1.76 bits per heavy atom. The predicted octanol–water partition coefficient (Wildman–Crippen LogP) is 4.68. The van der Waals surface area contributed by atoms with Gasteiger partial charge in [-0.1, -0.05) is 47.7 Å². The molecule has 29 heavy (non-hydrogen) atoms. The molecule has 1 aromatic heterocycles. The third-order valence-electron chi connectivity index (χ3n) is 4.06. The summed E-state index contributed by atoms with van der Waals surface area (Å²) in [7, 11) is 3.12. The number of ether oxygens (including phenoxy) is 2. The number of thiazole rings is 1. The number of hydrogen-bond acceptors (Lipinski definition) is 6. The number of methoxy groups -OCH3 is 2. The number of rotatable bonds is 7. The van der Waals surface area contributed by atoms with E-state index in [4.69, 9.17) is 9.47 Å². The summed E-state index contributed by atoms with van der Waals surface area (Å²) < 4.78 is 10.5. The Hall–Kier alpha value is -3.45. The maximum atomic E-state index is 12.3. The molecule has 6 nitrogen and oxygen atoms in total. The SMILES string of the molecule is COc1ccc(C=CC(=O)Nc2nc(-c3ccccc3)c(C(C)=O)s2)cc1OC. The number of Topliss-reactive ketones (excluding diaryl/α,β-unsaturated/α-hetero) is 1. The van der Waals surface area contributed by atoms with Crippen molar-refractivity contribution in [3.8, 4) is 22.8 Å². The first-order valence-corrected chi connectivity index (χ1v) is 9.61. The quantitative estimate of drug-likeness (QED) is 0.454. The Balaban J connectivity index is 1.77. The van der Waals surface area contributed by atoms with Gasteiger partial charge >= 0.3 is 0 Å². The summed E-state index contributed by atoms with van der Waals surface area (Å²) in [6.45, 7) is 1.49. The largest absolute Gasteiger partial charge is 0.493 e. The van der Waals surface area contributed by atoms with Crippen molar-refractivity contribution in [3.05, 3.63) is 65.0 Å². The highest BCUT2D eigenvalue weighted by Crippen LogP contribution is 2.31. The van der Waals surface area contributed by atoms with Gasteiger partial charge < -0.3 is 9.47 Å². The molecule has 0 spiro atoms. The third kappa shape index (κ3) is 4.89. The number of aromatic nitrogens is 1. The van der Waals surface area contributed by atoms with E-state index in [0.717, 1.165) is 22.5 Å². The van der Waals surface area contributed by atoms with Gasteiger partial charge in [-0.3, -0.25) is 14.9 Å². The summed E-state index contributed by atoms with van der Waals surface area (Å²) in [6, 6.07) is 14.8. The highest BCUT2D eigenvalue weighted by molar-refractivity contribution is 7.18. The fourth-order valence-electron chi connectivity index (χ4n) is 2.68. The molecular weight excluding hydrogens is 388 g/mol. The molecule has 0 fully saturated rings. The molecule has 0 atom stereocenters. The topological polar surface area (TPSA) is 77.5 Å². The van der Waals surface area contributed by atoms with Gasteiger partial charge in [0, 0.05) is 18.6 Å². The number of nitrogens with one attached hydrogen (secondary N) is 1. The van der Waals surface area contributed by atoms with Gasteiger partial charge in [0.2, 0.25) is 5.91 Å². The molecule has 3 aromatic rings. The zero-order valence-electron chi connectivity index (χ0n) is 16.3. The average molecular weight is 408 g/mol. The molecule has 3 rings (SSSR count). The van der Waals surface area contributed by atoms with Crippen LogP contribution in [0.2, 0.25) is 0 Å².